The van der Waals surface area contributed by atoms with Crippen LogP contribution in [0, 0.1) is 0 Å². The molecule has 1 fully saturated rings. The van der Waals surface area contributed by atoms with E-state index in [1.807, 2.05) is 0 Å². The molecule has 1 aliphatic rings. The van der Waals surface area contributed by atoms with E-state index in [1.54, 1.807) is 0 Å². The molecular formula is C14H19BrN2O2. The molecule has 4 nitrogen and oxygen atoms in total. The van der Waals surface area contributed by atoms with Crippen molar-refractivity contribution in [2.75, 3.05) is 19.8 Å². The van der Waals surface area contributed by atoms with E-state index in [9.17, 15) is 4.79 Å². The van der Waals surface area contributed by atoms with Gasteiger partial charge in [-0.2, -0.15) is 0 Å². The molecule has 1 saturated carbocycles. The van der Waals surface area contributed by atoms with E-state index in [0.29, 0.717) is 18.6 Å². The van der Waals surface area contributed by atoms with Crippen molar-refractivity contribution >= 4 is 21.8 Å². The number of hydrogen-bond donors (Lipinski definition) is 2. The van der Waals surface area contributed by atoms with Gasteiger partial charge in [0.15, 0.2) is 0 Å². The molecule has 1 amide bonds. The van der Waals surface area contributed by atoms with Gasteiger partial charge in [-0.15, -0.1) is 0 Å². The van der Waals surface area contributed by atoms with E-state index in [1.165, 1.54) is 5.56 Å². The highest BCUT2D eigenvalue weighted by atomic mass is 79.9. The molecule has 0 bridgehead atoms. The van der Waals surface area contributed by atoms with Crippen LogP contribution < -0.4 is 11.1 Å². The number of ether oxygens (including phenoxy) is 1. The van der Waals surface area contributed by atoms with Crippen LogP contribution in [0.3, 0.4) is 0 Å². The highest BCUT2D eigenvalue weighted by molar-refractivity contribution is 9.10. The van der Waals surface area contributed by atoms with Gasteiger partial charge in [-0.3, -0.25) is 4.79 Å². The topological polar surface area (TPSA) is 64.4 Å². The summed E-state index contributed by atoms with van der Waals surface area (Å²) in [6, 6.07) is 9.11. The standard InChI is InChI=1S/C14H19BrN2O2/c15-12-3-1-10(2-4-12)11-7-13(8-11)17-5-6-19-9-14(16)18/h1-4,11,13,17H,5-9H2,(H2,16,18). The summed E-state index contributed by atoms with van der Waals surface area (Å²) in [5.41, 5.74) is 6.39. The highest BCUT2D eigenvalue weighted by Gasteiger charge is 2.29. The van der Waals surface area contributed by atoms with Crippen LogP contribution in [0.4, 0.5) is 0 Å². The van der Waals surface area contributed by atoms with E-state index in [4.69, 9.17) is 10.5 Å². The first-order chi connectivity index (χ1) is 9.15. The Bertz CT molecular complexity index is 416. The van der Waals surface area contributed by atoms with Crippen molar-refractivity contribution in [3.8, 4) is 0 Å². The maximum Gasteiger partial charge on any atom is 0.243 e. The number of nitrogens with two attached hydrogens (primary N) is 1. The van der Waals surface area contributed by atoms with Gasteiger partial charge in [-0.1, -0.05) is 28.1 Å². The van der Waals surface area contributed by atoms with Crippen molar-refractivity contribution in [1.82, 2.24) is 5.32 Å². The van der Waals surface area contributed by atoms with Crippen molar-refractivity contribution in [3.63, 3.8) is 0 Å². The zero-order valence-electron chi connectivity index (χ0n) is 10.8. The molecule has 0 radical (unpaired) electrons. The molecule has 0 saturated heterocycles. The average molecular weight is 327 g/mol. The molecule has 0 aliphatic heterocycles. The first-order valence-corrected chi connectivity index (χ1v) is 7.29. The molecule has 2 rings (SSSR count). The highest BCUT2D eigenvalue weighted by Crippen LogP contribution is 2.37. The quantitative estimate of drug-likeness (QED) is 0.751. The summed E-state index contributed by atoms with van der Waals surface area (Å²) < 4.78 is 6.22. The molecule has 1 aliphatic carbocycles. The van der Waals surface area contributed by atoms with E-state index < -0.39 is 5.91 Å². The summed E-state index contributed by atoms with van der Waals surface area (Å²) in [6.45, 7) is 1.31. The lowest BCUT2D eigenvalue weighted by Crippen LogP contribution is -2.41. The number of halogens is 1. The Morgan fingerprint density at radius 2 is 2.05 bits per heavy atom. The second-order valence-electron chi connectivity index (χ2n) is 4.89. The van der Waals surface area contributed by atoms with Gasteiger partial charge in [0.2, 0.25) is 5.91 Å². The number of rotatable bonds is 7. The zero-order valence-corrected chi connectivity index (χ0v) is 12.4. The Labute approximate surface area is 121 Å². The number of hydrogen-bond acceptors (Lipinski definition) is 3. The lowest BCUT2D eigenvalue weighted by atomic mass is 9.76. The monoisotopic (exact) mass is 326 g/mol. The number of nitrogens with one attached hydrogen (secondary N) is 1. The Morgan fingerprint density at radius 1 is 1.37 bits per heavy atom. The second-order valence-corrected chi connectivity index (χ2v) is 5.81. The molecule has 19 heavy (non-hydrogen) atoms. The van der Waals surface area contributed by atoms with Crippen LogP contribution in [0.15, 0.2) is 28.7 Å². The van der Waals surface area contributed by atoms with Crippen LogP contribution in [-0.2, 0) is 9.53 Å². The minimum atomic E-state index is -0.418. The molecule has 0 spiro atoms. The second kappa shape index (κ2) is 7.03. The molecule has 1 aromatic carbocycles. The number of carbonyl (C=O) groups excluding carboxylic acids is 1. The van der Waals surface area contributed by atoms with Crippen molar-refractivity contribution < 1.29 is 9.53 Å². The summed E-state index contributed by atoms with van der Waals surface area (Å²) in [5.74, 6) is 0.246. The fourth-order valence-electron chi connectivity index (χ4n) is 2.30. The lowest BCUT2D eigenvalue weighted by Gasteiger charge is -2.36. The van der Waals surface area contributed by atoms with Crippen molar-refractivity contribution in [1.29, 1.82) is 0 Å². The lowest BCUT2D eigenvalue weighted by molar-refractivity contribution is -0.122. The normalized spacial score (nSPS) is 21.9. The molecular weight excluding hydrogens is 308 g/mol. The molecule has 5 heteroatoms. The molecule has 0 heterocycles. The van der Waals surface area contributed by atoms with Crippen LogP contribution in [-0.4, -0.2) is 31.7 Å². The number of amides is 1. The van der Waals surface area contributed by atoms with Crippen molar-refractivity contribution in [3.05, 3.63) is 34.3 Å². The summed E-state index contributed by atoms with van der Waals surface area (Å²) in [4.78, 5) is 10.5. The summed E-state index contributed by atoms with van der Waals surface area (Å²) in [6.07, 6.45) is 2.33. The SMILES string of the molecule is NC(=O)COCCNC1CC(c2ccc(Br)cc2)C1. The van der Waals surface area contributed by atoms with Crippen LogP contribution >= 0.6 is 15.9 Å². The Balaban J connectivity index is 1.59. The largest absolute Gasteiger partial charge is 0.370 e. The minimum Gasteiger partial charge on any atom is -0.370 e. The van der Waals surface area contributed by atoms with Gasteiger partial charge in [0.25, 0.3) is 0 Å². The van der Waals surface area contributed by atoms with Gasteiger partial charge >= 0.3 is 0 Å². The number of benzene rings is 1. The molecule has 0 atom stereocenters. The first kappa shape index (κ1) is 14.5. The van der Waals surface area contributed by atoms with Gasteiger partial charge in [-0.25, -0.2) is 0 Å². The third kappa shape index (κ3) is 4.60. The third-order valence-electron chi connectivity index (χ3n) is 3.40. The maximum atomic E-state index is 10.5. The summed E-state index contributed by atoms with van der Waals surface area (Å²) in [5, 5.41) is 3.42. The van der Waals surface area contributed by atoms with Gasteiger partial charge in [0, 0.05) is 17.1 Å². The molecule has 0 aromatic heterocycles. The Kier molecular flexibility index (Phi) is 5.36. The Morgan fingerprint density at radius 3 is 2.68 bits per heavy atom. The van der Waals surface area contributed by atoms with Crippen LogP contribution in [0.5, 0.6) is 0 Å². The fraction of sp³-hybridized carbons (Fsp3) is 0.500. The first-order valence-electron chi connectivity index (χ1n) is 6.50. The maximum absolute atomic E-state index is 10.5. The van der Waals surface area contributed by atoms with Gasteiger partial charge in [-0.05, 0) is 36.5 Å². The molecule has 104 valence electrons. The molecule has 1 aromatic rings. The summed E-state index contributed by atoms with van der Waals surface area (Å²) in [7, 11) is 0. The van der Waals surface area contributed by atoms with Gasteiger partial charge in [0.05, 0.1) is 6.61 Å². The van der Waals surface area contributed by atoms with Crippen molar-refractivity contribution in [2.24, 2.45) is 5.73 Å². The van der Waals surface area contributed by atoms with Crippen LogP contribution in [0.1, 0.15) is 24.3 Å². The number of carbonyl (C=O) groups is 1. The predicted octanol–water partition coefficient (Wildman–Crippen LogP) is 1.79. The van der Waals surface area contributed by atoms with Gasteiger partial charge < -0.3 is 15.8 Å². The van der Waals surface area contributed by atoms with Gasteiger partial charge in [0.1, 0.15) is 6.61 Å². The average Bonchev–Trinajstić information content (AvgIpc) is 2.32. The van der Waals surface area contributed by atoms with Crippen LogP contribution in [0.2, 0.25) is 0 Å². The van der Waals surface area contributed by atoms with Crippen LogP contribution in [0.25, 0.3) is 0 Å². The summed E-state index contributed by atoms with van der Waals surface area (Å²) >= 11 is 3.45. The zero-order chi connectivity index (χ0) is 13.7. The third-order valence-corrected chi connectivity index (χ3v) is 3.93. The molecule has 3 N–H and O–H groups in total. The van der Waals surface area contributed by atoms with E-state index >= 15 is 0 Å². The molecule has 0 unspecified atom stereocenters. The van der Waals surface area contributed by atoms with Crippen molar-refractivity contribution in [2.45, 2.75) is 24.8 Å². The minimum absolute atomic E-state index is 0.00780. The smallest absolute Gasteiger partial charge is 0.243 e. The van der Waals surface area contributed by atoms with E-state index in [2.05, 4.69) is 45.5 Å². The fourth-order valence-corrected chi connectivity index (χ4v) is 2.56. The Hall–Kier alpha value is -0.910. The van der Waals surface area contributed by atoms with E-state index in [-0.39, 0.29) is 6.61 Å². The predicted molar refractivity (Wildman–Crippen MR) is 77.9 cm³/mol. The van der Waals surface area contributed by atoms with E-state index in [0.717, 1.165) is 23.9 Å². The number of primary amides is 1.